The van der Waals surface area contributed by atoms with Crippen LogP contribution in [0.1, 0.15) is 135 Å². The number of fused-ring (bicyclic) bond motifs is 2. The number of carbonyl (C=O) groups is 12. The zero-order chi connectivity index (χ0) is 98.5. The van der Waals surface area contributed by atoms with E-state index in [1.165, 1.54) is 110 Å². The minimum Gasteiger partial charge on any atom is -0.492 e. The first-order chi connectivity index (χ1) is 63.5. The van der Waals surface area contributed by atoms with Gasteiger partial charge in [0.25, 0.3) is 0 Å². The lowest BCUT2D eigenvalue weighted by Crippen LogP contribution is -2.65. The van der Waals surface area contributed by atoms with Crippen molar-refractivity contribution in [1.29, 1.82) is 0 Å². The predicted octanol–water partition coefficient (Wildman–Crippen LogP) is 2.29. The van der Waals surface area contributed by atoms with Crippen LogP contribution in [0.3, 0.4) is 0 Å². The Labute approximate surface area is 800 Å². The molecular weight excluding hydrogens is 1930 g/mol. The number of nitrogens with two attached hydrogens (primary N) is 1. The van der Waals surface area contributed by atoms with Gasteiger partial charge in [-0.25, -0.2) is 9.59 Å². The summed E-state index contributed by atoms with van der Waals surface area (Å²) >= 11 is 2.73. The molecule has 0 saturated carbocycles. The molecule has 0 radical (unpaired) electrons. The van der Waals surface area contributed by atoms with Crippen LogP contribution < -0.4 is 57.3 Å². The van der Waals surface area contributed by atoms with E-state index >= 15 is 0 Å². The van der Waals surface area contributed by atoms with Gasteiger partial charge in [0, 0.05) is 86.9 Å². The second kappa shape index (κ2) is 49.8. The van der Waals surface area contributed by atoms with Gasteiger partial charge in [-0.05, 0) is 119 Å². The minimum absolute atomic E-state index is 0.0190. The van der Waals surface area contributed by atoms with Gasteiger partial charge in [0.2, 0.25) is 58.5 Å². The van der Waals surface area contributed by atoms with E-state index in [-0.39, 0.29) is 120 Å². The molecule has 5 saturated heterocycles. The number of rotatable bonds is 38. The Morgan fingerprint density at radius 3 is 2.08 bits per heavy atom. The molecule has 9 amide bonds. The van der Waals surface area contributed by atoms with E-state index < -0.39 is 223 Å². The molecule has 2 aliphatic carbocycles. The number of aliphatic hydroxyl groups is 5. The molecular formula is C88H119IN10O32S3. The molecule has 134 heavy (non-hydrogen) atoms. The average molecular weight is 2050 g/mol. The molecule has 2 aromatic rings. The number of hydrogen-bond acceptors (Lipinski definition) is 35. The van der Waals surface area contributed by atoms with Crippen LogP contribution in [0.2, 0.25) is 0 Å². The van der Waals surface area contributed by atoms with Crippen molar-refractivity contribution >= 4 is 132 Å². The molecule has 0 aromatic heterocycles. The molecule has 5 fully saturated rings. The number of aliphatic carboxylic acids is 1. The van der Waals surface area contributed by atoms with Crippen LogP contribution in [-0.2, 0) is 102 Å². The van der Waals surface area contributed by atoms with Gasteiger partial charge in [-0.1, -0.05) is 96.0 Å². The minimum atomic E-state index is -2.19. The number of primary amides is 1. The normalized spacial score (nSPS) is 28.2. The van der Waals surface area contributed by atoms with Crippen molar-refractivity contribution in [2.75, 3.05) is 79.4 Å². The number of ketones is 1. The second-order valence-electron chi connectivity index (χ2n) is 33.5. The van der Waals surface area contributed by atoms with Gasteiger partial charge in [0.15, 0.2) is 41.8 Å². The van der Waals surface area contributed by atoms with E-state index in [0.29, 0.717) is 27.5 Å². The summed E-state index contributed by atoms with van der Waals surface area (Å²) in [6.45, 7) is 16.1. The highest BCUT2D eigenvalue weighted by molar-refractivity contribution is 14.1. The number of halogens is 1. The fourth-order valence-corrected chi connectivity index (χ4v) is 19.6. The summed E-state index contributed by atoms with van der Waals surface area (Å²) in [6.07, 6.45) is -18.6. The molecule has 46 heteroatoms. The quantitative estimate of drug-likeness (QED) is 0.0151. The number of allylic oxidation sites excluding steroid dienone is 3. The summed E-state index contributed by atoms with van der Waals surface area (Å²) in [5.41, 5.74) is 6.73. The van der Waals surface area contributed by atoms with Crippen LogP contribution in [0.4, 0.5) is 15.3 Å². The fraction of sp³-hybridized carbons (Fsp3) is 0.614. The number of carbonyl (C=O) groups excluding carboxylic acids is 11. The van der Waals surface area contributed by atoms with Crippen molar-refractivity contribution < 1.29 is 155 Å². The largest absolute Gasteiger partial charge is 0.492 e. The number of piperidine rings is 1. The molecule has 7 aliphatic rings. The number of thioether (sulfide) groups is 1. The Morgan fingerprint density at radius 2 is 1.45 bits per heavy atom. The third kappa shape index (κ3) is 28.6. The highest BCUT2D eigenvalue weighted by atomic mass is 127. The summed E-state index contributed by atoms with van der Waals surface area (Å²) in [7, 11) is 9.44. The predicted molar refractivity (Wildman–Crippen MR) is 490 cm³/mol. The second-order valence-corrected chi connectivity index (χ2v) is 38.9. The molecule has 5 aliphatic heterocycles. The summed E-state index contributed by atoms with van der Waals surface area (Å²) in [5, 5.41) is 81.9. The van der Waals surface area contributed by atoms with E-state index in [4.69, 9.17) is 72.2 Å². The maximum Gasteiger partial charge on any atom is 0.411 e. The number of carboxylic acids is 1. The van der Waals surface area contributed by atoms with Crippen LogP contribution in [0.25, 0.3) is 0 Å². The molecule has 5 heterocycles. The molecule has 738 valence electrons. The molecule has 9 rings (SSSR count). The van der Waals surface area contributed by atoms with Gasteiger partial charge in [-0.15, -0.1) is 0 Å². The highest BCUT2D eigenvalue weighted by Gasteiger charge is 2.53. The number of amides is 9. The van der Waals surface area contributed by atoms with Gasteiger partial charge in [0.05, 0.1) is 109 Å². The highest BCUT2D eigenvalue weighted by Crippen LogP contribution is 2.50. The van der Waals surface area contributed by atoms with Crippen molar-refractivity contribution in [1.82, 2.24) is 41.9 Å². The number of hydroxylamine groups is 1. The van der Waals surface area contributed by atoms with Crippen LogP contribution in [-0.4, -0.2) is 323 Å². The Bertz CT molecular complexity index is 4790. The van der Waals surface area contributed by atoms with E-state index in [1.807, 2.05) is 43.4 Å². The topological polar surface area (TPSA) is 572 Å². The maximum atomic E-state index is 14.7. The summed E-state index contributed by atoms with van der Waals surface area (Å²) in [6, 6.07) is -0.276. The van der Waals surface area contributed by atoms with Gasteiger partial charge in [0.1, 0.15) is 67.9 Å². The van der Waals surface area contributed by atoms with E-state index in [9.17, 15) is 88.2 Å². The Balaban J connectivity index is 0.848. The van der Waals surface area contributed by atoms with Crippen molar-refractivity contribution in [3.05, 3.63) is 79.6 Å². The number of likely N-dealkylation sites (tertiary alicyclic amines) is 1. The van der Waals surface area contributed by atoms with Gasteiger partial charge >= 0.3 is 18.2 Å². The third-order valence-electron chi connectivity index (χ3n) is 22.8. The number of alkyl carbamates (subject to hydrolysis) is 2. The van der Waals surface area contributed by atoms with Gasteiger partial charge < -0.3 is 134 Å². The monoisotopic (exact) mass is 2050 g/mol. The Morgan fingerprint density at radius 1 is 0.776 bits per heavy atom. The first kappa shape index (κ1) is 109. The number of Topliss-reactive ketones (excluding diaryl/α,β-unsaturated/α-hetero) is 1. The van der Waals surface area contributed by atoms with Gasteiger partial charge in [-0.3, -0.25) is 58.1 Å². The molecule has 0 spiro atoms. The lowest BCUT2D eigenvalue weighted by molar-refractivity contribution is -0.337. The van der Waals surface area contributed by atoms with Crippen molar-refractivity contribution in [3.8, 4) is 40.9 Å². The molecule has 2 bridgehead atoms. The van der Waals surface area contributed by atoms with Crippen LogP contribution in [0.15, 0.2) is 59.3 Å². The Kier molecular flexibility index (Phi) is 40.4. The Hall–Kier alpha value is -9.00. The zero-order valence-corrected chi connectivity index (χ0v) is 81.3. The average Bonchev–Trinajstić information content (AvgIpc) is 0.750. The van der Waals surface area contributed by atoms with E-state index in [0.717, 1.165) is 18.9 Å². The van der Waals surface area contributed by atoms with E-state index in [2.05, 4.69) is 61.1 Å². The summed E-state index contributed by atoms with van der Waals surface area (Å²) in [4.78, 5) is 168. The number of anilines is 1. The fourth-order valence-electron chi connectivity index (χ4n) is 15.7. The van der Waals surface area contributed by atoms with Crippen LogP contribution in [0, 0.1) is 40.1 Å². The molecule has 42 nitrogen and oxygen atoms in total. The first-order valence-electron chi connectivity index (χ1n) is 43.2. The number of aliphatic hydroxyl groups excluding tert-OH is 4. The number of nitrogens with one attached hydrogen (secondary N) is 7. The molecule has 22 atom stereocenters. The number of methoxy groups -OCH3 is 5. The SMILES string of the molecule is CCN(C(=O)CNC(=O)OCc1ccc(NC(=O)[C@H](CC(N)=O)NC(=O)[C@H](C)NC(=O)[C@H](C)NC(=O)CCC(=O)N2CCC(C(=O)O)CC2)cc1)C1COC(OC2C(O[C@H]3C#C/C=C\C#C[C@]4(O)CC(=O)C(NC(=O)OC)=C3/C4=C\CSSC(C)(C)C)OC(C)C(NOC3CC(O)C(SC(=O)c4c(C)c(I)c(OC5OC(C)C(O)C(OC)C5O)c(OC)c4OC)C(C)O3)C2O)CC1OC. The van der Waals surface area contributed by atoms with Crippen molar-refractivity contribution in [3.63, 3.8) is 0 Å². The van der Waals surface area contributed by atoms with Crippen LogP contribution in [0.5, 0.6) is 17.2 Å². The first-order valence-corrected chi connectivity index (χ1v) is 47.5. The lowest BCUT2D eigenvalue weighted by atomic mass is 9.75. The number of likely N-dealkylation sites (N-methyl/N-ethyl adjacent to an activating group) is 1. The number of hydrogen-bond donors (Lipinski definition) is 14. The van der Waals surface area contributed by atoms with E-state index in [1.54, 1.807) is 40.7 Å². The number of nitrogens with zero attached hydrogens (tertiary/aromatic N) is 2. The van der Waals surface area contributed by atoms with Crippen molar-refractivity contribution in [2.45, 2.75) is 265 Å². The van der Waals surface area contributed by atoms with Crippen LogP contribution >= 0.6 is 55.9 Å². The number of carboxylic acid groups (broad SMARTS) is 1. The molecule has 15 N–H and O–H groups in total. The number of benzene rings is 2. The molecule has 17 unspecified atom stereocenters. The van der Waals surface area contributed by atoms with Gasteiger partial charge in [-0.2, -0.15) is 5.48 Å². The number of ether oxygens (including phenoxy) is 13. The standard InChI is InChI=1S/C88H119IN10O32S3/c1-16-99(61(105)39-91-85(115)124-40-48-22-24-50(25-23-48)94-80(111)52(35-58(90)102)95-79(110)44(4)93-78(109)43(3)92-59(103)26-27-60(104)98-32-28-49(29-33-98)81(112)113)53-41-123-62(37-57(53)118-11)129-75-70(107)67(45(5)126-84(75)128-56-21-19-17-18-20-31-88(117)38-55(101)68(96-86(116)122-15)65(56)51(88)30-34-132-134-87(8,9)10)97-131-63-36-54(100)77(47(7)125-63)133-82(114)64-42(2)66(89)73(76(121-14)72(64)119-12)130-83-71(108)74(120-13)69(106)46(6)127-83/h17-18,22-25,30,43-47,49,52-54,56-57,62-63,67,69-71,74-75,77,83-84,97,100,106-108,117H,16,26-29,32-41H2,1-15H3,(H2,90,102)(H,91,115)(H,92,103)(H,93,109)(H,94,111)(H,95,110)(H,96,116)(H,112,113)/b18-17-,51-30+/t43-,44-,45?,46?,47?,52-,53?,54?,56-,57?,62?,63?,67?,69?,70?,71?,74?,75?,77?,83?,84?,88-/m0/s1. The zero-order valence-electron chi connectivity index (χ0n) is 76.7. The maximum absolute atomic E-state index is 14.7. The molecule has 2 aromatic carbocycles. The van der Waals surface area contributed by atoms with Crippen molar-refractivity contribution in [2.24, 2.45) is 11.7 Å². The summed E-state index contributed by atoms with van der Waals surface area (Å²) in [5.74, 6) is 4.34. The summed E-state index contributed by atoms with van der Waals surface area (Å²) < 4.78 is 78.7. The lowest BCUT2D eigenvalue weighted by Gasteiger charge is -2.47. The third-order valence-corrected chi connectivity index (χ3v) is 28.7. The smallest absolute Gasteiger partial charge is 0.411 e.